The van der Waals surface area contributed by atoms with Gasteiger partial charge in [-0.15, -0.1) is 0 Å². The van der Waals surface area contributed by atoms with Crippen LogP contribution in [-0.2, 0) is 12.4 Å². The summed E-state index contributed by atoms with van der Waals surface area (Å²) in [5.41, 5.74) is 0.680. The van der Waals surface area contributed by atoms with E-state index in [2.05, 4.69) is 10.1 Å². The van der Waals surface area contributed by atoms with Crippen molar-refractivity contribution in [3.05, 3.63) is 76.2 Å². The molecule has 4 rings (SSSR count). The SMILES string of the molecule is C[s+]1cccc1C(=O)c1cnn2c(-c3cccc(C(F)(F)F)c3)ccnc12. The number of thiophene rings is 1. The van der Waals surface area contributed by atoms with E-state index < -0.39 is 11.7 Å². The van der Waals surface area contributed by atoms with Crippen LogP contribution in [0.5, 0.6) is 0 Å². The van der Waals surface area contributed by atoms with Crippen LogP contribution in [0.25, 0.3) is 16.9 Å². The van der Waals surface area contributed by atoms with Crippen LogP contribution in [0.3, 0.4) is 0 Å². The van der Waals surface area contributed by atoms with Gasteiger partial charge in [0.25, 0.3) is 0 Å². The van der Waals surface area contributed by atoms with Gasteiger partial charge >= 0.3 is 6.18 Å². The minimum Gasteiger partial charge on any atom is -0.283 e. The Morgan fingerprint density at radius 3 is 2.67 bits per heavy atom. The highest BCUT2D eigenvalue weighted by Crippen LogP contribution is 2.32. The third kappa shape index (κ3) is 3.02. The van der Waals surface area contributed by atoms with Gasteiger partial charge in [-0.1, -0.05) is 12.1 Å². The normalized spacial score (nSPS) is 12.5. The molecule has 0 amide bonds. The molecule has 1 unspecified atom stereocenters. The number of hydrogen-bond acceptors (Lipinski definition) is 3. The van der Waals surface area contributed by atoms with Crippen LogP contribution < -0.4 is 0 Å². The zero-order chi connectivity index (χ0) is 19.2. The number of fused-ring (bicyclic) bond motifs is 1. The highest BCUT2D eigenvalue weighted by atomic mass is 32.2. The third-order valence-electron chi connectivity index (χ3n) is 4.23. The maximum Gasteiger partial charge on any atom is 0.416 e. The molecule has 0 saturated carbocycles. The van der Waals surface area contributed by atoms with Crippen LogP contribution in [0.1, 0.15) is 20.8 Å². The Kier molecular flexibility index (Phi) is 4.07. The van der Waals surface area contributed by atoms with Crippen molar-refractivity contribution in [2.24, 2.45) is 6.26 Å². The van der Waals surface area contributed by atoms with Gasteiger partial charge in [0, 0.05) is 17.8 Å². The number of hydrogen-bond donors (Lipinski definition) is 0. The molecule has 4 aromatic rings. The molecular weight excluding hydrogens is 375 g/mol. The second-order valence-electron chi connectivity index (χ2n) is 5.95. The predicted molar refractivity (Wildman–Crippen MR) is 96.8 cm³/mol. The Bertz CT molecular complexity index is 1160. The summed E-state index contributed by atoms with van der Waals surface area (Å²) in [5, 5.41) is 6.16. The van der Waals surface area contributed by atoms with Crippen molar-refractivity contribution >= 4 is 21.9 Å². The maximum absolute atomic E-state index is 13.0. The largest absolute Gasteiger partial charge is 0.416 e. The Morgan fingerprint density at radius 1 is 1.15 bits per heavy atom. The number of ketones is 1. The molecule has 0 radical (unpaired) electrons. The lowest BCUT2D eigenvalue weighted by Gasteiger charge is -2.09. The topological polar surface area (TPSA) is 47.3 Å². The van der Waals surface area contributed by atoms with Gasteiger partial charge in [0.15, 0.2) is 5.65 Å². The van der Waals surface area contributed by atoms with Crippen LogP contribution in [0, 0.1) is 0 Å². The van der Waals surface area contributed by atoms with Gasteiger partial charge in [-0.2, -0.15) is 18.3 Å². The van der Waals surface area contributed by atoms with Crippen LogP contribution >= 0.6 is 10.5 Å². The highest BCUT2D eigenvalue weighted by Gasteiger charge is 2.31. The van der Waals surface area contributed by atoms with Crippen molar-refractivity contribution in [1.29, 1.82) is 0 Å². The number of alkyl halides is 3. The lowest BCUT2D eigenvalue weighted by molar-refractivity contribution is -0.137. The Labute approximate surface area is 154 Å². The Hall–Kier alpha value is -3.00. The molecule has 3 heterocycles. The molecule has 1 aromatic carbocycles. The number of aromatic nitrogens is 3. The smallest absolute Gasteiger partial charge is 0.283 e. The van der Waals surface area contributed by atoms with Crippen molar-refractivity contribution in [3.63, 3.8) is 0 Å². The molecule has 136 valence electrons. The van der Waals surface area contributed by atoms with E-state index in [0.29, 0.717) is 27.3 Å². The van der Waals surface area contributed by atoms with Crippen LogP contribution in [-0.4, -0.2) is 20.4 Å². The van der Waals surface area contributed by atoms with Crippen molar-refractivity contribution < 1.29 is 18.0 Å². The first kappa shape index (κ1) is 17.4. The van der Waals surface area contributed by atoms with Gasteiger partial charge in [0.1, 0.15) is 11.6 Å². The fourth-order valence-electron chi connectivity index (χ4n) is 2.90. The molecule has 4 nitrogen and oxygen atoms in total. The number of rotatable bonds is 3. The molecule has 0 N–H and O–H groups in total. The maximum atomic E-state index is 13.0. The van der Waals surface area contributed by atoms with Crippen molar-refractivity contribution in [1.82, 2.24) is 14.6 Å². The third-order valence-corrected chi connectivity index (χ3v) is 5.81. The van der Waals surface area contributed by atoms with Crippen molar-refractivity contribution in [2.75, 3.05) is 0 Å². The Balaban J connectivity index is 1.85. The first-order valence-corrected chi connectivity index (χ1v) is 9.64. The molecule has 1 atom stereocenters. The van der Waals surface area contributed by atoms with E-state index in [0.717, 1.165) is 12.1 Å². The molecule has 0 aliphatic carbocycles. The molecule has 27 heavy (non-hydrogen) atoms. The lowest BCUT2D eigenvalue weighted by atomic mass is 10.1. The standard InChI is InChI=1S/C19H13F3N3OS/c1-27-9-3-6-16(27)17(26)14-11-24-25-15(7-8-23-18(14)25)12-4-2-5-13(10-12)19(20,21)22/h2-11H,1H3/q+1. The second kappa shape index (κ2) is 6.31. The summed E-state index contributed by atoms with van der Waals surface area (Å²) in [4.78, 5) is 17.7. The number of aryl methyl sites for hydroxylation is 1. The van der Waals surface area contributed by atoms with Gasteiger partial charge < -0.3 is 0 Å². The van der Waals surface area contributed by atoms with Crippen LogP contribution in [0.4, 0.5) is 13.2 Å². The highest BCUT2D eigenvalue weighted by molar-refractivity contribution is 7.29. The number of halogens is 3. The van der Waals surface area contributed by atoms with E-state index in [1.165, 1.54) is 23.0 Å². The van der Waals surface area contributed by atoms with Gasteiger partial charge in [-0.3, -0.25) is 4.79 Å². The molecule has 0 aliphatic rings. The summed E-state index contributed by atoms with van der Waals surface area (Å²) in [5.74, 6) is -0.172. The Morgan fingerprint density at radius 2 is 1.96 bits per heavy atom. The summed E-state index contributed by atoms with van der Waals surface area (Å²) >= 11 is 0. The number of carbonyl (C=O) groups excluding carboxylic acids is 1. The summed E-state index contributed by atoms with van der Waals surface area (Å²) in [7, 11) is -0.281. The summed E-state index contributed by atoms with van der Waals surface area (Å²) in [6, 6.07) is 10.2. The number of nitrogens with zero attached hydrogens (tertiary/aromatic N) is 3. The van der Waals surface area contributed by atoms with Gasteiger partial charge in [0.05, 0.1) is 23.0 Å². The predicted octanol–water partition coefficient (Wildman–Crippen LogP) is 4.93. The van der Waals surface area contributed by atoms with E-state index in [-0.39, 0.29) is 16.3 Å². The fraction of sp³-hybridized carbons (Fsp3) is 0.105. The van der Waals surface area contributed by atoms with E-state index in [1.54, 1.807) is 18.2 Å². The summed E-state index contributed by atoms with van der Waals surface area (Å²) < 4.78 is 40.5. The lowest BCUT2D eigenvalue weighted by Crippen LogP contribution is -2.05. The van der Waals surface area contributed by atoms with Gasteiger partial charge in [-0.05, 0) is 34.7 Å². The van der Waals surface area contributed by atoms with E-state index in [4.69, 9.17) is 0 Å². The summed E-state index contributed by atoms with van der Waals surface area (Å²) in [6.45, 7) is 0. The molecule has 8 heteroatoms. The zero-order valence-electron chi connectivity index (χ0n) is 14.1. The summed E-state index contributed by atoms with van der Waals surface area (Å²) in [6.07, 6.45) is 0.390. The molecule has 0 bridgehead atoms. The van der Waals surface area contributed by atoms with E-state index in [9.17, 15) is 18.0 Å². The molecule has 0 aliphatic heterocycles. The average Bonchev–Trinajstić information content (AvgIpc) is 3.26. The van der Waals surface area contributed by atoms with Crippen LogP contribution in [0.15, 0.2) is 60.2 Å². The van der Waals surface area contributed by atoms with Crippen molar-refractivity contribution in [3.8, 4) is 11.3 Å². The molecule has 3 aromatic heterocycles. The molecular formula is C19H13F3N3OS+. The first-order valence-electron chi connectivity index (χ1n) is 7.94. The van der Waals surface area contributed by atoms with Gasteiger partial charge in [-0.25, -0.2) is 9.50 Å². The number of carbonyl (C=O) groups is 1. The van der Waals surface area contributed by atoms with E-state index >= 15 is 0 Å². The van der Waals surface area contributed by atoms with E-state index in [1.807, 2.05) is 17.7 Å². The van der Waals surface area contributed by atoms with Crippen LogP contribution in [0.2, 0.25) is 0 Å². The zero-order valence-corrected chi connectivity index (χ0v) is 14.9. The van der Waals surface area contributed by atoms with Gasteiger partial charge in [0.2, 0.25) is 10.7 Å². The number of benzene rings is 1. The monoisotopic (exact) mass is 388 g/mol. The molecule has 0 fully saturated rings. The minimum absolute atomic E-state index is 0.172. The average molecular weight is 388 g/mol. The minimum atomic E-state index is -4.44. The second-order valence-corrected chi connectivity index (χ2v) is 7.78. The quantitative estimate of drug-likeness (QED) is 0.369. The fourth-order valence-corrected chi connectivity index (χ4v) is 4.06. The van der Waals surface area contributed by atoms with Crippen molar-refractivity contribution in [2.45, 2.75) is 6.18 Å². The molecule has 0 saturated heterocycles. The molecule has 0 spiro atoms. The first-order chi connectivity index (χ1) is 12.9.